The smallest absolute Gasteiger partial charge is 0.193 e. The predicted octanol–water partition coefficient (Wildman–Crippen LogP) is 2.93. The third-order valence-corrected chi connectivity index (χ3v) is 4.95. The Labute approximate surface area is 160 Å². The van der Waals surface area contributed by atoms with E-state index in [9.17, 15) is 4.39 Å². The molecule has 1 aliphatic heterocycles. The van der Waals surface area contributed by atoms with Crippen molar-refractivity contribution < 1.29 is 4.39 Å². The number of likely N-dealkylation sites (tertiary alicyclic amines) is 1. The minimum atomic E-state index is -0.176. The maximum absolute atomic E-state index is 13.1. The summed E-state index contributed by atoms with van der Waals surface area (Å²) in [5.74, 6) is 2.26. The molecule has 6 heteroatoms. The lowest BCUT2D eigenvalue weighted by Crippen LogP contribution is -2.39. The zero-order chi connectivity index (χ0) is 19.2. The quantitative estimate of drug-likeness (QED) is 0.650. The minimum Gasteiger partial charge on any atom is -0.363 e. The first-order valence-corrected chi connectivity index (χ1v) is 9.37. The van der Waals surface area contributed by atoms with Gasteiger partial charge in [-0.05, 0) is 48.1 Å². The first-order chi connectivity index (χ1) is 13.0. The van der Waals surface area contributed by atoms with Crippen LogP contribution < -0.4 is 10.2 Å². The van der Waals surface area contributed by atoms with E-state index in [-0.39, 0.29) is 5.82 Å². The molecule has 1 N–H and O–H groups in total. The highest BCUT2D eigenvalue weighted by molar-refractivity contribution is 5.80. The number of nitrogens with one attached hydrogen (secondary N) is 1. The number of aliphatic imine (C=N–C) groups is 1. The molecule has 1 fully saturated rings. The molecule has 1 aliphatic rings. The van der Waals surface area contributed by atoms with E-state index in [1.165, 1.54) is 17.7 Å². The number of hydrogen-bond acceptors (Lipinski definition) is 3. The molecule has 1 aromatic carbocycles. The Morgan fingerprint density at radius 2 is 1.96 bits per heavy atom. The molecule has 5 nitrogen and oxygen atoms in total. The second-order valence-corrected chi connectivity index (χ2v) is 7.25. The largest absolute Gasteiger partial charge is 0.363 e. The van der Waals surface area contributed by atoms with Crippen LogP contribution in [0.1, 0.15) is 17.5 Å². The summed E-state index contributed by atoms with van der Waals surface area (Å²) in [6.07, 6.45) is 4.00. The molecule has 0 bridgehead atoms. The lowest BCUT2D eigenvalue weighted by atomic mass is 9.99. The van der Waals surface area contributed by atoms with Crippen molar-refractivity contribution in [2.24, 2.45) is 10.9 Å². The zero-order valence-electron chi connectivity index (χ0n) is 16.3. The van der Waals surface area contributed by atoms with Crippen molar-refractivity contribution in [3.63, 3.8) is 0 Å². The van der Waals surface area contributed by atoms with Gasteiger partial charge in [-0.2, -0.15) is 0 Å². The molecule has 144 valence electrons. The second-order valence-electron chi connectivity index (χ2n) is 7.25. The summed E-state index contributed by atoms with van der Waals surface area (Å²) in [6, 6.07) is 11.0. The van der Waals surface area contributed by atoms with Crippen LogP contribution in [0.25, 0.3) is 0 Å². The van der Waals surface area contributed by atoms with Crippen LogP contribution >= 0.6 is 0 Å². The van der Waals surface area contributed by atoms with Crippen molar-refractivity contribution in [3.8, 4) is 0 Å². The predicted molar refractivity (Wildman–Crippen MR) is 109 cm³/mol. The van der Waals surface area contributed by atoms with E-state index in [1.807, 2.05) is 50.4 Å². The van der Waals surface area contributed by atoms with Gasteiger partial charge in [-0.15, -0.1) is 0 Å². The van der Waals surface area contributed by atoms with E-state index in [0.717, 1.165) is 43.3 Å². The van der Waals surface area contributed by atoms with Crippen molar-refractivity contribution >= 4 is 11.8 Å². The number of benzene rings is 1. The van der Waals surface area contributed by atoms with Gasteiger partial charge in [-0.1, -0.05) is 18.2 Å². The lowest BCUT2D eigenvalue weighted by Gasteiger charge is -2.22. The van der Waals surface area contributed by atoms with E-state index in [2.05, 4.69) is 26.3 Å². The number of hydrogen-bond donors (Lipinski definition) is 1. The normalized spacial score (nSPS) is 17.3. The van der Waals surface area contributed by atoms with Gasteiger partial charge in [0.05, 0.1) is 0 Å². The fraction of sp³-hybridized carbons (Fsp3) is 0.429. The van der Waals surface area contributed by atoms with Crippen molar-refractivity contribution in [2.75, 3.05) is 39.1 Å². The molecule has 0 aliphatic carbocycles. The summed E-state index contributed by atoms with van der Waals surface area (Å²) in [7, 11) is 5.79. The van der Waals surface area contributed by atoms with E-state index in [4.69, 9.17) is 0 Å². The molecule has 0 spiro atoms. The standard InChI is InChI=1S/C21H28FN5/c1-23-21(25-14-18-6-9-20(24-13-18)26(2)3)27-11-10-17(15-27)12-16-4-7-19(22)8-5-16/h4-9,13,17H,10-12,14-15H2,1-3H3,(H,23,25). The van der Waals surface area contributed by atoms with Crippen LogP contribution in [0.4, 0.5) is 10.2 Å². The van der Waals surface area contributed by atoms with Crippen LogP contribution in [0.2, 0.25) is 0 Å². The van der Waals surface area contributed by atoms with Crippen LogP contribution in [0.3, 0.4) is 0 Å². The van der Waals surface area contributed by atoms with Gasteiger partial charge >= 0.3 is 0 Å². The number of pyridine rings is 1. The number of halogens is 1. The summed E-state index contributed by atoms with van der Waals surface area (Å²) in [5, 5.41) is 3.44. The van der Waals surface area contributed by atoms with Crippen LogP contribution in [0.5, 0.6) is 0 Å². The molecule has 1 saturated heterocycles. The van der Waals surface area contributed by atoms with Crippen molar-refractivity contribution in [1.29, 1.82) is 0 Å². The molecule has 0 radical (unpaired) electrons. The summed E-state index contributed by atoms with van der Waals surface area (Å²) >= 11 is 0. The highest BCUT2D eigenvalue weighted by Crippen LogP contribution is 2.21. The molecule has 1 aromatic heterocycles. The van der Waals surface area contributed by atoms with Crippen LogP contribution in [-0.2, 0) is 13.0 Å². The average Bonchev–Trinajstić information content (AvgIpc) is 3.13. The number of nitrogens with zero attached hydrogens (tertiary/aromatic N) is 4. The molecule has 1 atom stereocenters. The molecular formula is C21H28FN5. The Morgan fingerprint density at radius 1 is 1.22 bits per heavy atom. The van der Waals surface area contributed by atoms with Gasteiger partial charge in [0.2, 0.25) is 0 Å². The number of anilines is 1. The van der Waals surface area contributed by atoms with Crippen molar-refractivity contribution in [2.45, 2.75) is 19.4 Å². The second kappa shape index (κ2) is 8.84. The fourth-order valence-electron chi connectivity index (χ4n) is 3.44. The molecule has 2 heterocycles. The molecule has 1 unspecified atom stereocenters. The highest BCUT2D eigenvalue weighted by Gasteiger charge is 2.25. The number of aromatic nitrogens is 1. The maximum atomic E-state index is 13.1. The third-order valence-electron chi connectivity index (χ3n) is 4.95. The first-order valence-electron chi connectivity index (χ1n) is 9.37. The average molecular weight is 369 g/mol. The summed E-state index contributed by atoms with van der Waals surface area (Å²) in [4.78, 5) is 13.2. The van der Waals surface area contributed by atoms with Crippen LogP contribution in [0.15, 0.2) is 47.6 Å². The molecule has 2 aromatic rings. The van der Waals surface area contributed by atoms with Gasteiger partial charge in [0.1, 0.15) is 11.6 Å². The topological polar surface area (TPSA) is 43.8 Å². The maximum Gasteiger partial charge on any atom is 0.193 e. The minimum absolute atomic E-state index is 0.176. The molecule has 0 amide bonds. The van der Waals surface area contributed by atoms with Gasteiger partial charge in [-0.3, -0.25) is 4.99 Å². The van der Waals surface area contributed by atoms with Gasteiger partial charge in [-0.25, -0.2) is 9.37 Å². The SMILES string of the molecule is CN=C(NCc1ccc(N(C)C)nc1)N1CCC(Cc2ccc(F)cc2)C1. The summed E-state index contributed by atoms with van der Waals surface area (Å²) in [5.41, 5.74) is 2.32. The Kier molecular flexibility index (Phi) is 6.27. The number of rotatable bonds is 5. The summed E-state index contributed by atoms with van der Waals surface area (Å²) in [6.45, 7) is 2.66. The Hall–Kier alpha value is -2.63. The van der Waals surface area contributed by atoms with Crippen LogP contribution in [0, 0.1) is 11.7 Å². The summed E-state index contributed by atoms with van der Waals surface area (Å²) < 4.78 is 13.1. The van der Waals surface area contributed by atoms with Crippen molar-refractivity contribution in [3.05, 3.63) is 59.5 Å². The van der Waals surface area contributed by atoms with E-state index < -0.39 is 0 Å². The number of guanidine groups is 1. The first kappa shape index (κ1) is 19.1. The molecule has 0 saturated carbocycles. The molecular weight excluding hydrogens is 341 g/mol. The van der Waals surface area contributed by atoms with Crippen molar-refractivity contribution in [1.82, 2.24) is 15.2 Å². The molecule has 27 heavy (non-hydrogen) atoms. The lowest BCUT2D eigenvalue weighted by molar-refractivity contribution is 0.459. The zero-order valence-corrected chi connectivity index (χ0v) is 16.3. The Morgan fingerprint density at radius 3 is 2.59 bits per heavy atom. The van der Waals surface area contributed by atoms with E-state index in [0.29, 0.717) is 12.5 Å². The monoisotopic (exact) mass is 369 g/mol. The van der Waals surface area contributed by atoms with Gasteiger partial charge < -0.3 is 15.1 Å². The third kappa shape index (κ3) is 5.18. The van der Waals surface area contributed by atoms with Gasteiger partial charge in [0.15, 0.2) is 5.96 Å². The fourth-order valence-corrected chi connectivity index (χ4v) is 3.44. The Balaban J connectivity index is 1.51. The van der Waals surface area contributed by atoms with E-state index in [1.54, 1.807) is 0 Å². The molecule has 3 rings (SSSR count). The Bertz CT molecular complexity index is 755. The van der Waals surface area contributed by atoms with Gasteiger partial charge in [0.25, 0.3) is 0 Å². The highest BCUT2D eigenvalue weighted by atomic mass is 19.1. The van der Waals surface area contributed by atoms with Crippen LogP contribution in [-0.4, -0.2) is 50.1 Å². The van der Waals surface area contributed by atoms with Gasteiger partial charge in [0, 0.05) is 47.0 Å². The van der Waals surface area contributed by atoms with E-state index >= 15 is 0 Å².